The lowest BCUT2D eigenvalue weighted by atomic mass is 9.98. The Bertz CT molecular complexity index is 594. The van der Waals surface area contributed by atoms with Gasteiger partial charge in [0.1, 0.15) is 17.3 Å². The Kier molecular flexibility index (Phi) is 4.84. The number of aryl methyl sites for hydroxylation is 2. The molecular formula is C16H19ClFNO. The largest absolute Gasteiger partial charge is 0.466 e. The molecule has 2 rings (SSSR count). The van der Waals surface area contributed by atoms with Gasteiger partial charge in [-0.05, 0) is 50.6 Å². The van der Waals surface area contributed by atoms with Gasteiger partial charge in [0, 0.05) is 5.56 Å². The van der Waals surface area contributed by atoms with Crippen LogP contribution in [0, 0.1) is 19.7 Å². The standard InChI is InChI=1S/C16H19ClFNO/c1-4-7-19-16(13-8-10(2)20-11(13)3)12-5-6-15(18)14(17)9-12/h5-6,8-9,16,19H,4,7H2,1-3H3. The van der Waals surface area contributed by atoms with E-state index in [2.05, 4.69) is 12.2 Å². The van der Waals surface area contributed by atoms with Crippen LogP contribution in [0.3, 0.4) is 0 Å². The van der Waals surface area contributed by atoms with Crippen LogP contribution in [0.2, 0.25) is 5.02 Å². The summed E-state index contributed by atoms with van der Waals surface area (Å²) in [6.45, 7) is 6.83. The molecule has 1 N–H and O–H groups in total. The number of hydrogen-bond acceptors (Lipinski definition) is 2. The summed E-state index contributed by atoms with van der Waals surface area (Å²) in [6, 6.07) is 6.81. The highest BCUT2D eigenvalue weighted by Gasteiger charge is 2.19. The maximum atomic E-state index is 13.3. The van der Waals surface area contributed by atoms with E-state index in [9.17, 15) is 4.39 Å². The monoisotopic (exact) mass is 295 g/mol. The highest BCUT2D eigenvalue weighted by Crippen LogP contribution is 2.29. The molecule has 0 radical (unpaired) electrons. The van der Waals surface area contributed by atoms with Crippen molar-refractivity contribution in [2.45, 2.75) is 33.2 Å². The Morgan fingerprint density at radius 3 is 2.60 bits per heavy atom. The van der Waals surface area contributed by atoms with Gasteiger partial charge in [-0.15, -0.1) is 0 Å². The fourth-order valence-corrected chi connectivity index (χ4v) is 2.51. The zero-order valence-corrected chi connectivity index (χ0v) is 12.7. The topological polar surface area (TPSA) is 25.2 Å². The Morgan fingerprint density at radius 2 is 2.05 bits per heavy atom. The van der Waals surface area contributed by atoms with Gasteiger partial charge in [-0.3, -0.25) is 0 Å². The van der Waals surface area contributed by atoms with E-state index in [0.29, 0.717) is 0 Å². The molecule has 108 valence electrons. The van der Waals surface area contributed by atoms with Crippen molar-refractivity contribution in [2.75, 3.05) is 6.54 Å². The number of hydrogen-bond donors (Lipinski definition) is 1. The second-order valence-corrected chi connectivity index (χ2v) is 5.34. The van der Waals surface area contributed by atoms with Gasteiger partial charge in [0.15, 0.2) is 0 Å². The number of rotatable bonds is 5. The second kappa shape index (κ2) is 6.42. The number of nitrogens with one attached hydrogen (secondary N) is 1. The maximum absolute atomic E-state index is 13.3. The van der Waals surface area contributed by atoms with E-state index in [4.69, 9.17) is 16.0 Å². The normalized spacial score (nSPS) is 12.7. The summed E-state index contributed by atoms with van der Waals surface area (Å²) in [5, 5.41) is 3.60. The molecule has 0 saturated carbocycles. The fraction of sp³-hybridized carbons (Fsp3) is 0.375. The molecule has 0 aliphatic heterocycles. The van der Waals surface area contributed by atoms with E-state index >= 15 is 0 Å². The Morgan fingerprint density at radius 1 is 1.30 bits per heavy atom. The van der Waals surface area contributed by atoms with Gasteiger partial charge in [0.25, 0.3) is 0 Å². The van der Waals surface area contributed by atoms with Crippen LogP contribution in [0.25, 0.3) is 0 Å². The third kappa shape index (κ3) is 3.22. The molecule has 0 amide bonds. The number of benzene rings is 1. The summed E-state index contributed by atoms with van der Waals surface area (Å²) in [4.78, 5) is 0. The molecule has 1 aromatic carbocycles. The first-order valence-electron chi connectivity index (χ1n) is 6.78. The van der Waals surface area contributed by atoms with E-state index in [-0.39, 0.29) is 11.1 Å². The zero-order valence-electron chi connectivity index (χ0n) is 12.0. The molecule has 0 aliphatic rings. The van der Waals surface area contributed by atoms with Gasteiger partial charge >= 0.3 is 0 Å². The van der Waals surface area contributed by atoms with Gasteiger partial charge in [0.2, 0.25) is 0 Å². The first-order chi connectivity index (χ1) is 9.52. The summed E-state index contributed by atoms with van der Waals surface area (Å²) < 4.78 is 18.9. The molecule has 1 unspecified atom stereocenters. The molecule has 0 spiro atoms. The van der Waals surface area contributed by atoms with Crippen molar-refractivity contribution in [1.29, 1.82) is 0 Å². The zero-order chi connectivity index (χ0) is 14.7. The van der Waals surface area contributed by atoms with E-state index in [0.717, 1.165) is 35.6 Å². The third-order valence-electron chi connectivity index (χ3n) is 3.27. The van der Waals surface area contributed by atoms with Crippen LogP contribution in [0.1, 0.15) is 42.0 Å². The summed E-state index contributed by atoms with van der Waals surface area (Å²) >= 11 is 5.90. The molecule has 0 bridgehead atoms. The van der Waals surface area contributed by atoms with Crippen LogP contribution in [0.5, 0.6) is 0 Å². The SMILES string of the molecule is CCCNC(c1ccc(F)c(Cl)c1)c1cc(C)oc1C. The van der Waals surface area contributed by atoms with Crippen molar-refractivity contribution < 1.29 is 8.81 Å². The van der Waals surface area contributed by atoms with Crippen molar-refractivity contribution in [2.24, 2.45) is 0 Å². The molecule has 4 heteroatoms. The number of furan rings is 1. The molecule has 1 atom stereocenters. The molecule has 0 aliphatic carbocycles. The van der Waals surface area contributed by atoms with Crippen molar-refractivity contribution in [3.8, 4) is 0 Å². The number of halogens is 2. The minimum atomic E-state index is -0.398. The average molecular weight is 296 g/mol. The van der Waals surface area contributed by atoms with Gasteiger partial charge in [-0.1, -0.05) is 24.6 Å². The average Bonchev–Trinajstić information content (AvgIpc) is 2.73. The first-order valence-corrected chi connectivity index (χ1v) is 7.16. The Hall–Kier alpha value is -1.32. The lowest BCUT2D eigenvalue weighted by Gasteiger charge is -2.19. The molecule has 0 fully saturated rings. The van der Waals surface area contributed by atoms with Gasteiger partial charge in [-0.2, -0.15) is 0 Å². The van der Waals surface area contributed by atoms with Crippen LogP contribution in [0.4, 0.5) is 4.39 Å². The van der Waals surface area contributed by atoms with Crippen LogP contribution in [-0.2, 0) is 0 Å². The highest BCUT2D eigenvalue weighted by atomic mass is 35.5. The van der Waals surface area contributed by atoms with Crippen LogP contribution in [-0.4, -0.2) is 6.54 Å². The molecule has 2 aromatic rings. The first kappa shape index (κ1) is 15.1. The highest BCUT2D eigenvalue weighted by molar-refractivity contribution is 6.30. The Labute approximate surface area is 123 Å². The van der Waals surface area contributed by atoms with Crippen molar-refractivity contribution in [1.82, 2.24) is 5.32 Å². The summed E-state index contributed by atoms with van der Waals surface area (Å²) in [7, 11) is 0. The lowest BCUT2D eigenvalue weighted by molar-refractivity contribution is 0.493. The fourth-order valence-electron chi connectivity index (χ4n) is 2.33. The van der Waals surface area contributed by atoms with E-state index in [1.165, 1.54) is 6.07 Å². The van der Waals surface area contributed by atoms with Crippen molar-refractivity contribution >= 4 is 11.6 Å². The van der Waals surface area contributed by atoms with Crippen LogP contribution < -0.4 is 5.32 Å². The minimum absolute atomic E-state index is 0.0366. The maximum Gasteiger partial charge on any atom is 0.141 e. The van der Waals surface area contributed by atoms with Gasteiger partial charge in [0.05, 0.1) is 11.1 Å². The predicted molar refractivity (Wildman–Crippen MR) is 79.7 cm³/mol. The Balaban J connectivity index is 2.41. The summed E-state index contributed by atoms with van der Waals surface area (Å²) in [5.41, 5.74) is 2.01. The van der Waals surface area contributed by atoms with E-state index < -0.39 is 5.82 Å². The second-order valence-electron chi connectivity index (χ2n) is 4.93. The van der Waals surface area contributed by atoms with Crippen LogP contribution >= 0.6 is 11.6 Å². The van der Waals surface area contributed by atoms with Gasteiger partial charge in [-0.25, -0.2) is 4.39 Å². The lowest BCUT2D eigenvalue weighted by Crippen LogP contribution is -2.23. The molecule has 1 aromatic heterocycles. The predicted octanol–water partition coefficient (Wildman–Crippen LogP) is 4.78. The van der Waals surface area contributed by atoms with Crippen molar-refractivity contribution in [3.63, 3.8) is 0 Å². The molecule has 20 heavy (non-hydrogen) atoms. The van der Waals surface area contributed by atoms with Crippen LogP contribution in [0.15, 0.2) is 28.7 Å². The van der Waals surface area contributed by atoms with Gasteiger partial charge < -0.3 is 9.73 Å². The molecule has 1 heterocycles. The quantitative estimate of drug-likeness (QED) is 0.859. The molecule has 0 saturated heterocycles. The molecule has 2 nitrogen and oxygen atoms in total. The molecular weight excluding hydrogens is 277 g/mol. The minimum Gasteiger partial charge on any atom is -0.466 e. The third-order valence-corrected chi connectivity index (χ3v) is 3.56. The summed E-state index contributed by atoms with van der Waals surface area (Å²) in [5.74, 6) is 1.34. The van der Waals surface area contributed by atoms with E-state index in [1.807, 2.05) is 19.9 Å². The smallest absolute Gasteiger partial charge is 0.141 e. The van der Waals surface area contributed by atoms with E-state index in [1.54, 1.807) is 12.1 Å². The summed E-state index contributed by atoms with van der Waals surface area (Å²) in [6.07, 6.45) is 1.02. The van der Waals surface area contributed by atoms with Crippen molar-refractivity contribution in [3.05, 3.63) is 57.8 Å².